The number of sulfonamides is 1. The van der Waals surface area contributed by atoms with Crippen molar-refractivity contribution < 1.29 is 22.4 Å². The number of rotatable bonds is 7. The van der Waals surface area contributed by atoms with Crippen LogP contribution >= 0.6 is 11.6 Å². The van der Waals surface area contributed by atoms with Gasteiger partial charge in [-0.1, -0.05) is 17.7 Å². The third-order valence-corrected chi connectivity index (χ3v) is 6.61. The van der Waals surface area contributed by atoms with Crippen molar-refractivity contribution in [2.75, 3.05) is 15.4 Å². The van der Waals surface area contributed by atoms with Gasteiger partial charge >= 0.3 is 0 Å². The fraction of sp³-hybridized carbons (Fsp3) is 0.130. The van der Waals surface area contributed by atoms with Gasteiger partial charge in [0.05, 0.1) is 9.92 Å². The lowest BCUT2D eigenvalue weighted by Gasteiger charge is -2.10. The van der Waals surface area contributed by atoms with E-state index in [2.05, 4.69) is 15.4 Å². The summed E-state index contributed by atoms with van der Waals surface area (Å²) in [6.45, 7) is 0. The SMILES string of the molecule is O=C(Nc1cccc(NC(=O)C2CC2)c1)c1ccc(NS(=O)(=O)c2ccc(F)c(Cl)c2)cc1. The number of halogens is 2. The molecule has 3 aromatic rings. The lowest BCUT2D eigenvalue weighted by molar-refractivity contribution is -0.117. The highest BCUT2D eigenvalue weighted by Gasteiger charge is 2.29. The molecule has 1 saturated carbocycles. The second-order valence-electron chi connectivity index (χ2n) is 7.56. The molecular formula is C23H19ClFN3O4S. The second kappa shape index (κ2) is 9.21. The highest BCUT2D eigenvalue weighted by molar-refractivity contribution is 7.92. The smallest absolute Gasteiger partial charge is 0.261 e. The van der Waals surface area contributed by atoms with Crippen LogP contribution in [0.3, 0.4) is 0 Å². The van der Waals surface area contributed by atoms with E-state index in [1.54, 1.807) is 24.3 Å². The van der Waals surface area contributed by atoms with Crippen molar-refractivity contribution in [2.45, 2.75) is 17.7 Å². The molecule has 2 amide bonds. The van der Waals surface area contributed by atoms with Gasteiger partial charge in [0, 0.05) is 28.5 Å². The van der Waals surface area contributed by atoms with E-state index < -0.39 is 21.7 Å². The van der Waals surface area contributed by atoms with Crippen LogP contribution in [0.4, 0.5) is 21.5 Å². The summed E-state index contributed by atoms with van der Waals surface area (Å²) in [5.41, 5.74) is 1.62. The molecule has 0 spiro atoms. The van der Waals surface area contributed by atoms with E-state index in [0.29, 0.717) is 16.9 Å². The maximum Gasteiger partial charge on any atom is 0.261 e. The molecule has 1 aliphatic carbocycles. The molecule has 0 heterocycles. The minimum absolute atomic E-state index is 0.0283. The summed E-state index contributed by atoms with van der Waals surface area (Å²) in [6, 6.07) is 15.7. The monoisotopic (exact) mass is 487 g/mol. The first kappa shape index (κ1) is 22.8. The van der Waals surface area contributed by atoms with Gasteiger partial charge in [-0.15, -0.1) is 0 Å². The third-order valence-electron chi connectivity index (χ3n) is 4.94. The van der Waals surface area contributed by atoms with Crippen LogP contribution < -0.4 is 15.4 Å². The zero-order chi connectivity index (χ0) is 23.6. The Morgan fingerprint density at radius 1 is 0.879 bits per heavy atom. The number of anilines is 3. The van der Waals surface area contributed by atoms with Crippen molar-refractivity contribution in [1.82, 2.24) is 0 Å². The summed E-state index contributed by atoms with van der Waals surface area (Å²) in [6.07, 6.45) is 1.79. The van der Waals surface area contributed by atoms with E-state index in [4.69, 9.17) is 11.6 Å². The van der Waals surface area contributed by atoms with Crippen molar-refractivity contribution in [3.8, 4) is 0 Å². The third kappa shape index (κ3) is 5.68. The topological polar surface area (TPSA) is 104 Å². The number of amides is 2. The molecule has 0 atom stereocenters. The van der Waals surface area contributed by atoms with Gasteiger partial charge in [0.25, 0.3) is 15.9 Å². The Balaban J connectivity index is 1.41. The van der Waals surface area contributed by atoms with Crippen LogP contribution in [0.2, 0.25) is 5.02 Å². The molecule has 0 unspecified atom stereocenters. The van der Waals surface area contributed by atoms with Crippen LogP contribution in [0.25, 0.3) is 0 Å². The van der Waals surface area contributed by atoms with Gasteiger partial charge in [0.15, 0.2) is 0 Å². The summed E-state index contributed by atoms with van der Waals surface area (Å²) in [5.74, 6) is -1.08. The minimum Gasteiger partial charge on any atom is -0.326 e. The highest BCUT2D eigenvalue weighted by Crippen LogP contribution is 2.30. The predicted octanol–water partition coefficient (Wildman–Crippen LogP) is 4.88. The molecular weight excluding hydrogens is 469 g/mol. The Kier molecular flexibility index (Phi) is 6.35. The van der Waals surface area contributed by atoms with E-state index in [1.807, 2.05) is 0 Å². The Hall–Kier alpha value is -3.43. The highest BCUT2D eigenvalue weighted by atomic mass is 35.5. The first-order valence-electron chi connectivity index (χ1n) is 10.0. The summed E-state index contributed by atoms with van der Waals surface area (Å²) < 4.78 is 40.6. The van der Waals surface area contributed by atoms with E-state index >= 15 is 0 Å². The van der Waals surface area contributed by atoms with Crippen LogP contribution in [0.15, 0.2) is 71.6 Å². The van der Waals surface area contributed by atoms with Crippen molar-refractivity contribution in [1.29, 1.82) is 0 Å². The summed E-state index contributed by atoms with van der Waals surface area (Å²) >= 11 is 5.66. The van der Waals surface area contributed by atoms with E-state index in [1.165, 1.54) is 24.3 Å². The molecule has 0 aromatic heterocycles. The summed E-state index contributed by atoms with van der Waals surface area (Å²) in [5, 5.41) is 5.26. The maximum absolute atomic E-state index is 13.3. The molecule has 3 aromatic carbocycles. The summed E-state index contributed by atoms with van der Waals surface area (Å²) in [4.78, 5) is 24.3. The minimum atomic E-state index is -3.99. The Morgan fingerprint density at radius 3 is 2.18 bits per heavy atom. The molecule has 0 saturated heterocycles. The van der Waals surface area contributed by atoms with Crippen molar-refractivity contribution >= 4 is 50.5 Å². The van der Waals surface area contributed by atoms with Gasteiger partial charge in [-0.2, -0.15) is 0 Å². The zero-order valence-corrected chi connectivity index (χ0v) is 18.7. The van der Waals surface area contributed by atoms with Crippen molar-refractivity contribution in [2.24, 2.45) is 5.92 Å². The second-order valence-corrected chi connectivity index (χ2v) is 9.65. The Bertz CT molecular complexity index is 1330. The normalized spacial score (nSPS) is 13.3. The molecule has 170 valence electrons. The quantitative estimate of drug-likeness (QED) is 0.441. The van der Waals surface area contributed by atoms with Crippen LogP contribution in [0.5, 0.6) is 0 Å². The number of hydrogen-bond donors (Lipinski definition) is 3. The van der Waals surface area contributed by atoms with Crippen LogP contribution in [-0.2, 0) is 14.8 Å². The van der Waals surface area contributed by atoms with Crippen LogP contribution in [-0.4, -0.2) is 20.2 Å². The van der Waals surface area contributed by atoms with E-state index in [9.17, 15) is 22.4 Å². The molecule has 4 rings (SSSR count). The van der Waals surface area contributed by atoms with Crippen LogP contribution in [0, 0.1) is 11.7 Å². The van der Waals surface area contributed by atoms with E-state index in [0.717, 1.165) is 31.0 Å². The van der Waals surface area contributed by atoms with Gasteiger partial charge in [-0.25, -0.2) is 12.8 Å². The predicted molar refractivity (Wildman–Crippen MR) is 124 cm³/mol. The van der Waals surface area contributed by atoms with Gasteiger partial charge in [0.1, 0.15) is 5.82 Å². The van der Waals surface area contributed by atoms with Crippen molar-refractivity contribution in [3.63, 3.8) is 0 Å². The van der Waals surface area contributed by atoms with Gasteiger partial charge in [-0.3, -0.25) is 14.3 Å². The maximum atomic E-state index is 13.3. The standard InChI is InChI=1S/C23H19ClFN3O4S/c24-20-13-19(10-11-21(20)25)33(31,32)28-16-8-6-15(7-9-16)23(30)27-18-3-1-2-17(12-18)26-22(29)14-4-5-14/h1-3,6-14,28H,4-5H2,(H,26,29)(H,27,30). The molecule has 3 N–H and O–H groups in total. The fourth-order valence-corrected chi connectivity index (χ4v) is 4.35. The summed E-state index contributed by atoms with van der Waals surface area (Å²) in [7, 11) is -3.99. The first-order chi connectivity index (χ1) is 15.7. The lowest BCUT2D eigenvalue weighted by atomic mass is 10.2. The number of nitrogens with one attached hydrogen (secondary N) is 3. The molecule has 7 nitrogen and oxygen atoms in total. The lowest BCUT2D eigenvalue weighted by Crippen LogP contribution is -2.15. The van der Waals surface area contributed by atoms with Gasteiger partial charge in [-0.05, 0) is 73.5 Å². The van der Waals surface area contributed by atoms with Gasteiger partial charge in [0.2, 0.25) is 5.91 Å². The average Bonchev–Trinajstić information content (AvgIpc) is 3.62. The van der Waals surface area contributed by atoms with Crippen molar-refractivity contribution in [3.05, 3.63) is 83.1 Å². The molecule has 33 heavy (non-hydrogen) atoms. The number of benzene rings is 3. The van der Waals surface area contributed by atoms with Crippen LogP contribution in [0.1, 0.15) is 23.2 Å². The average molecular weight is 488 g/mol. The molecule has 10 heteroatoms. The number of hydrogen-bond acceptors (Lipinski definition) is 4. The van der Waals surface area contributed by atoms with E-state index in [-0.39, 0.29) is 27.4 Å². The largest absolute Gasteiger partial charge is 0.326 e. The Labute approximate surface area is 195 Å². The molecule has 1 aliphatic rings. The van der Waals surface area contributed by atoms with Gasteiger partial charge < -0.3 is 10.6 Å². The number of carbonyl (C=O) groups excluding carboxylic acids is 2. The molecule has 0 bridgehead atoms. The zero-order valence-electron chi connectivity index (χ0n) is 17.1. The molecule has 0 radical (unpaired) electrons. The molecule has 0 aliphatic heterocycles. The first-order valence-corrected chi connectivity index (χ1v) is 11.9. The fourth-order valence-electron chi connectivity index (χ4n) is 3.02. The number of carbonyl (C=O) groups is 2. The Morgan fingerprint density at radius 2 is 1.55 bits per heavy atom. The molecule has 1 fully saturated rings.